The average molecular weight is 261 g/mol. The predicted molar refractivity (Wildman–Crippen MR) is 76.4 cm³/mol. The molecule has 0 aliphatic heterocycles. The average Bonchev–Trinajstić information content (AvgIpc) is 2.76. The fourth-order valence-electron chi connectivity index (χ4n) is 1.97. The van der Waals surface area contributed by atoms with Gasteiger partial charge >= 0.3 is 0 Å². The van der Waals surface area contributed by atoms with E-state index in [0.29, 0.717) is 6.54 Å². The Bertz CT molecular complexity index is 507. The van der Waals surface area contributed by atoms with E-state index in [4.69, 9.17) is 5.73 Å². The van der Waals surface area contributed by atoms with Crippen LogP contribution in [0, 0.1) is 6.92 Å². The molecule has 1 heterocycles. The Hall–Kier alpha value is -1.23. The van der Waals surface area contributed by atoms with E-state index in [1.807, 2.05) is 0 Å². The lowest BCUT2D eigenvalue weighted by atomic mass is 10.1. The minimum Gasteiger partial charge on any atom is -0.325 e. The van der Waals surface area contributed by atoms with Crippen molar-refractivity contribution in [2.24, 2.45) is 5.73 Å². The van der Waals surface area contributed by atoms with Gasteiger partial charge in [-0.2, -0.15) is 0 Å². The summed E-state index contributed by atoms with van der Waals surface area (Å²) in [6, 6.07) is 8.62. The van der Waals surface area contributed by atoms with Gasteiger partial charge in [0.15, 0.2) is 0 Å². The standard InChI is InChI=1S/C14H19N3S/c1-11-4-3-5-12(6-11)8-17(2)9-13-10-18-14(7-15)16-13/h3-6,10H,7-9,15H2,1-2H3. The number of benzene rings is 1. The zero-order chi connectivity index (χ0) is 13.0. The van der Waals surface area contributed by atoms with E-state index in [0.717, 1.165) is 23.8 Å². The van der Waals surface area contributed by atoms with E-state index >= 15 is 0 Å². The van der Waals surface area contributed by atoms with Crippen LogP contribution < -0.4 is 5.73 Å². The summed E-state index contributed by atoms with van der Waals surface area (Å²) in [4.78, 5) is 6.75. The van der Waals surface area contributed by atoms with E-state index in [1.54, 1.807) is 11.3 Å². The summed E-state index contributed by atoms with van der Waals surface area (Å²) in [6.07, 6.45) is 0. The molecule has 0 saturated carbocycles. The van der Waals surface area contributed by atoms with Gasteiger partial charge in [0, 0.05) is 25.0 Å². The van der Waals surface area contributed by atoms with Crippen molar-refractivity contribution in [2.75, 3.05) is 7.05 Å². The number of nitrogens with zero attached hydrogens (tertiary/aromatic N) is 2. The lowest BCUT2D eigenvalue weighted by Crippen LogP contribution is -2.17. The predicted octanol–water partition coefficient (Wildman–Crippen LogP) is 2.54. The molecule has 4 heteroatoms. The molecule has 0 unspecified atom stereocenters. The summed E-state index contributed by atoms with van der Waals surface area (Å²) in [6.45, 7) is 4.46. The topological polar surface area (TPSA) is 42.1 Å². The van der Waals surface area contributed by atoms with Gasteiger partial charge in [0.2, 0.25) is 0 Å². The number of aryl methyl sites for hydroxylation is 1. The van der Waals surface area contributed by atoms with Gasteiger partial charge in [-0.1, -0.05) is 29.8 Å². The van der Waals surface area contributed by atoms with Gasteiger partial charge in [-0.15, -0.1) is 11.3 Å². The number of rotatable bonds is 5. The second-order valence-corrected chi connectivity index (χ2v) is 5.54. The third-order valence-electron chi connectivity index (χ3n) is 2.74. The molecule has 0 atom stereocenters. The van der Waals surface area contributed by atoms with Crippen molar-refractivity contribution in [1.29, 1.82) is 0 Å². The summed E-state index contributed by atoms with van der Waals surface area (Å²) in [5.41, 5.74) is 9.32. The van der Waals surface area contributed by atoms with Crippen LogP contribution in [0.1, 0.15) is 21.8 Å². The molecule has 2 aromatic rings. The maximum Gasteiger partial charge on any atom is 0.106 e. The van der Waals surface area contributed by atoms with E-state index in [9.17, 15) is 0 Å². The molecule has 0 aliphatic rings. The Balaban J connectivity index is 1.94. The quantitative estimate of drug-likeness (QED) is 0.899. The number of nitrogens with two attached hydrogens (primary N) is 1. The van der Waals surface area contributed by atoms with Gasteiger partial charge in [-0.3, -0.25) is 4.90 Å². The lowest BCUT2D eigenvalue weighted by molar-refractivity contribution is 0.315. The Labute approximate surface area is 112 Å². The molecular weight excluding hydrogens is 242 g/mol. The molecule has 0 fully saturated rings. The highest BCUT2D eigenvalue weighted by Gasteiger charge is 2.05. The van der Waals surface area contributed by atoms with Crippen molar-refractivity contribution in [3.05, 3.63) is 51.5 Å². The van der Waals surface area contributed by atoms with E-state index < -0.39 is 0 Å². The van der Waals surface area contributed by atoms with Crippen LogP contribution in [0.25, 0.3) is 0 Å². The number of aromatic nitrogens is 1. The summed E-state index contributed by atoms with van der Waals surface area (Å²) in [5.74, 6) is 0. The molecule has 96 valence electrons. The number of hydrogen-bond acceptors (Lipinski definition) is 4. The smallest absolute Gasteiger partial charge is 0.106 e. The Kier molecular flexibility index (Phi) is 4.47. The fraction of sp³-hybridized carbons (Fsp3) is 0.357. The molecule has 0 amide bonds. The number of thiazole rings is 1. The van der Waals surface area contributed by atoms with Gasteiger partial charge in [0.1, 0.15) is 5.01 Å². The molecule has 3 nitrogen and oxygen atoms in total. The molecule has 2 rings (SSSR count). The molecule has 0 radical (unpaired) electrons. The summed E-state index contributed by atoms with van der Waals surface area (Å²) >= 11 is 1.64. The van der Waals surface area contributed by atoms with E-state index in [-0.39, 0.29) is 0 Å². The van der Waals surface area contributed by atoms with Gasteiger partial charge in [0.05, 0.1) is 5.69 Å². The molecular formula is C14H19N3S. The van der Waals surface area contributed by atoms with Gasteiger partial charge < -0.3 is 5.73 Å². The SMILES string of the molecule is Cc1cccc(CN(C)Cc2csc(CN)n2)c1. The Morgan fingerprint density at radius 3 is 2.83 bits per heavy atom. The molecule has 1 aromatic carbocycles. The van der Waals surface area contributed by atoms with Crippen LogP contribution in [-0.4, -0.2) is 16.9 Å². The molecule has 2 N–H and O–H groups in total. The van der Waals surface area contributed by atoms with Gasteiger partial charge in [0.25, 0.3) is 0 Å². The zero-order valence-corrected chi connectivity index (χ0v) is 11.7. The van der Waals surface area contributed by atoms with Crippen molar-refractivity contribution < 1.29 is 0 Å². The van der Waals surface area contributed by atoms with E-state index in [2.05, 4.69) is 53.5 Å². The Morgan fingerprint density at radius 1 is 1.33 bits per heavy atom. The minimum absolute atomic E-state index is 0.534. The normalized spacial score (nSPS) is 11.1. The first-order chi connectivity index (χ1) is 8.67. The number of hydrogen-bond donors (Lipinski definition) is 1. The zero-order valence-electron chi connectivity index (χ0n) is 10.9. The van der Waals surface area contributed by atoms with Crippen LogP contribution in [0.15, 0.2) is 29.6 Å². The van der Waals surface area contributed by atoms with Gasteiger partial charge in [-0.05, 0) is 19.5 Å². The summed E-state index contributed by atoms with van der Waals surface area (Å²) in [5, 5.41) is 3.10. The maximum atomic E-state index is 5.57. The molecule has 1 aromatic heterocycles. The van der Waals surface area contributed by atoms with E-state index in [1.165, 1.54) is 11.1 Å². The molecule has 0 spiro atoms. The highest BCUT2D eigenvalue weighted by atomic mass is 32.1. The largest absolute Gasteiger partial charge is 0.325 e. The second kappa shape index (κ2) is 6.09. The van der Waals surface area contributed by atoms with Crippen molar-refractivity contribution >= 4 is 11.3 Å². The van der Waals surface area contributed by atoms with Crippen molar-refractivity contribution in [3.8, 4) is 0 Å². The Morgan fingerprint density at radius 2 is 2.17 bits per heavy atom. The molecule has 0 saturated heterocycles. The van der Waals surface area contributed by atoms with Crippen LogP contribution >= 0.6 is 11.3 Å². The molecule has 0 aliphatic carbocycles. The highest BCUT2D eigenvalue weighted by molar-refractivity contribution is 7.09. The lowest BCUT2D eigenvalue weighted by Gasteiger charge is -2.15. The van der Waals surface area contributed by atoms with Crippen molar-refractivity contribution in [2.45, 2.75) is 26.6 Å². The maximum absolute atomic E-state index is 5.57. The van der Waals surface area contributed by atoms with Crippen LogP contribution in [0.5, 0.6) is 0 Å². The molecule has 18 heavy (non-hydrogen) atoms. The third-order valence-corrected chi connectivity index (χ3v) is 3.66. The van der Waals surface area contributed by atoms with Crippen LogP contribution in [-0.2, 0) is 19.6 Å². The first kappa shape index (κ1) is 13.2. The van der Waals surface area contributed by atoms with Crippen LogP contribution in [0.4, 0.5) is 0 Å². The summed E-state index contributed by atoms with van der Waals surface area (Å²) < 4.78 is 0. The minimum atomic E-state index is 0.534. The fourth-order valence-corrected chi connectivity index (χ4v) is 2.64. The van der Waals surface area contributed by atoms with Crippen molar-refractivity contribution in [1.82, 2.24) is 9.88 Å². The second-order valence-electron chi connectivity index (χ2n) is 4.60. The first-order valence-electron chi connectivity index (χ1n) is 6.05. The van der Waals surface area contributed by atoms with Gasteiger partial charge in [-0.25, -0.2) is 4.98 Å². The first-order valence-corrected chi connectivity index (χ1v) is 6.93. The molecule has 0 bridgehead atoms. The third kappa shape index (κ3) is 3.63. The monoisotopic (exact) mass is 261 g/mol. The highest BCUT2D eigenvalue weighted by Crippen LogP contribution is 2.12. The summed E-state index contributed by atoms with van der Waals surface area (Å²) in [7, 11) is 2.11. The van der Waals surface area contributed by atoms with Crippen LogP contribution in [0.3, 0.4) is 0 Å². The van der Waals surface area contributed by atoms with Crippen molar-refractivity contribution in [3.63, 3.8) is 0 Å². The van der Waals surface area contributed by atoms with Crippen LogP contribution in [0.2, 0.25) is 0 Å².